The minimum Gasteiger partial charge on any atom is -0.339 e. The third kappa shape index (κ3) is 4.00. The Morgan fingerprint density at radius 3 is 2.71 bits per heavy atom. The highest BCUT2D eigenvalue weighted by atomic mass is 32.2. The van der Waals surface area contributed by atoms with Crippen molar-refractivity contribution in [1.82, 2.24) is 20.1 Å². The Hall–Kier alpha value is -1.78. The second-order valence-corrected chi connectivity index (χ2v) is 7.19. The van der Waals surface area contributed by atoms with Crippen LogP contribution in [0.2, 0.25) is 0 Å². The predicted molar refractivity (Wildman–Crippen MR) is 100 cm³/mol. The summed E-state index contributed by atoms with van der Waals surface area (Å²) in [6.45, 7) is 6.76. The summed E-state index contributed by atoms with van der Waals surface area (Å²) >= 11 is 3.01. The zero-order valence-corrected chi connectivity index (χ0v) is 15.8. The molecule has 0 spiro atoms. The number of nitrogens with zero attached hydrogens (tertiary/aromatic N) is 3. The van der Waals surface area contributed by atoms with Crippen LogP contribution in [-0.2, 0) is 11.3 Å². The van der Waals surface area contributed by atoms with Gasteiger partial charge in [-0.1, -0.05) is 37.6 Å². The molecule has 0 unspecified atom stereocenters. The van der Waals surface area contributed by atoms with E-state index >= 15 is 0 Å². The van der Waals surface area contributed by atoms with Crippen molar-refractivity contribution in [2.45, 2.75) is 50.9 Å². The molecule has 1 amide bonds. The first-order chi connectivity index (χ1) is 11.6. The van der Waals surface area contributed by atoms with Crippen LogP contribution in [0.3, 0.4) is 0 Å². The van der Waals surface area contributed by atoms with Crippen molar-refractivity contribution in [3.63, 3.8) is 0 Å². The zero-order valence-electron chi connectivity index (χ0n) is 14.2. The van der Waals surface area contributed by atoms with Gasteiger partial charge in [0.05, 0.1) is 10.6 Å². The molecule has 5 nitrogen and oxygen atoms in total. The van der Waals surface area contributed by atoms with Crippen LogP contribution < -0.4 is 5.32 Å². The monoisotopic (exact) mass is 362 g/mol. The molecule has 24 heavy (non-hydrogen) atoms. The van der Waals surface area contributed by atoms with Crippen LogP contribution in [0.15, 0.2) is 22.7 Å². The van der Waals surface area contributed by atoms with Crippen molar-refractivity contribution in [3.05, 3.63) is 17.5 Å². The van der Waals surface area contributed by atoms with E-state index in [1.807, 2.05) is 42.9 Å². The summed E-state index contributed by atoms with van der Waals surface area (Å²) in [5, 5.41) is 14.2. The fourth-order valence-electron chi connectivity index (χ4n) is 2.37. The van der Waals surface area contributed by atoms with Crippen molar-refractivity contribution in [1.29, 1.82) is 0 Å². The SMILES string of the molecule is C#CC(CC)(CC)NC(=O)CSc1nnc(-c2cccs2)n1CC. The molecule has 1 N–H and O–H groups in total. The van der Waals surface area contributed by atoms with Crippen molar-refractivity contribution in [2.75, 3.05) is 5.75 Å². The molecule has 128 valence electrons. The molecule has 0 aliphatic carbocycles. The Bertz CT molecular complexity index is 712. The number of terminal acetylenes is 1. The molecule has 2 heterocycles. The molecule has 0 aromatic carbocycles. The Balaban J connectivity index is 2.05. The van der Waals surface area contributed by atoms with Crippen LogP contribution >= 0.6 is 23.1 Å². The minimum atomic E-state index is -0.557. The average molecular weight is 363 g/mol. The van der Waals surface area contributed by atoms with E-state index in [2.05, 4.69) is 21.4 Å². The lowest BCUT2D eigenvalue weighted by Gasteiger charge is -2.26. The summed E-state index contributed by atoms with van der Waals surface area (Å²) in [6, 6.07) is 4.01. The lowest BCUT2D eigenvalue weighted by molar-refractivity contribution is -0.119. The maximum Gasteiger partial charge on any atom is 0.231 e. The van der Waals surface area contributed by atoms with Crippen LogP contribution in [0.1, 0.15) is 33.6 Å². The minimum absolute atomic E-state index is 0.0787. The first-order valence-electron chi connectivity index (χ1n) is 7.97. The largest absolute Gasteiger partial charge is 0.339 e. The number of thioether (sulfide) groups is 1. The number of carbonyl (C=O) groups is 1. The fraction of sp³-hybridized carbons (Fsp3) is 0.471. The highest BCUT2D eigenvalue weighted by Gasteiger charge is 2.25. The van der Waals surface area contributed by atoms with Gasteiger partial charge in [0.1, 0.15) is 5.54 Å². The molecule has 0 saturated heterocycles. The van der Waals surface area contributed by atoms with E-state index in [4.69, 9.17) is 6.42 Å². The Morgan fingerprint density at radius 2 is 2.17 bits per heavy atom. The number of thiophene rings is 1. The molecular formula is C17H22N4OS2. The summed E-state index contributed by atoms with van der Waals surface area (Å²) in [5.41, 5.74) is -0.557. The number of hydrogen-bond donors (Lipinski definition) is 1. The van der Waals surface area contributed by atoms with Crippen LogP contribution in [0, 0.1) is 12.3 Å². The van der Waals surface area contributed by atoms with E-state index < -0.39 is 5.54 Å². The van der Waals surface area contributed by atoms with Gasteiger partial charge >= 0.3 is 0 Å². The van der Waals surface area contributed by atoms with Gasteiger partial charge in [-0.25, -0.2) is 0 Å². The smallest absolute Gasteiger partial charge is 0.231 e. The van der Waals surface area contributed by atoms with Crippen molar-refractivity contribution in [2.24, 2.45) is 0 Å². The van der Waals surface area contributed by atoms with Gasteiger partial charge in [-0.2, -0.15) is 0 Å². The van der Waals surface area contributed by atoms with Crippen molar-refractivity contribution in [3.8, 4) is 23.0 Å². The molecule has 0 atom stereocenters. The van der Waals surface area contributed by atoms with Crippen LogP contribution in [-0.4, -0.2) is 32.0 Å². The summed E-state index contributed by atoms with van der Waals surface area (Å²) in [6.07, 6.45) is 7.02. The number of hydrogen-bond acceptors (Lipinski definition) is 5. The third-order valence-electron chi connectivity index (χ3n) is 3.97. The number of carbonyl (C=O) groups excluding carboxylic acids is 1. The zero-order chi connectivity index (χ0) is 17.6. The fourth-order valence-corrected chi connectivity index (χ4v) is 3.89. The summed E-state index contributed by atoms with van der Waals surface area (Å²) < 4.78 is 2.03. The van der Waals surface area contributed by atoms with Gasteiger partial charge in [-0.05, 0) is 31.2 Å². The van der Waals surface area contributed by atoms with Crippen molar-refractivity contribution >= 4 is 29.0 Å². The number of amides is 1. The second kappa shape index (κ2) is 8.36. The summed E-state index contributed by atoms with van der Waals surface area (Å²) in [7, 11) is 0. The van der Waals surface area contributed by atoms with Gasteiger partial charge in [0.25, 0.3) is 0 Å². The van der Waals surface area contributed by atoms with E-state index in [0.717, 1.165) is 22.4 Å². The second-order valence-electron chi connectivity index (χ2n) is 5.30. The molecule has 0 radical (unpaired) electrons. The maximum absolute atomic E-state index is 12.3. The van der Waals surface area contributed by atoms with Gasteiger partial charge < -0.3 is 9.88 Å². The highest BCUT2D eigenvalue weighted by molar-refractivity contribution is 7.99. The molecule has 0 fully saturated rings. The normalized spacial score (nSPS) is 11.2. The number of aromatic nitrogens is 3. The van der Waals surface area contributed by atoms with Crippen molar-refractivity contribution < 1.29 is 4.79 Å². The van der Waals surface area contributed by atoms with Gasteiger partial charge in [-0.15, -0.1) is 28.0 Å². The molecule has 0 aliphatic heterocycles. The van der Waals surface area contributed by atoms with Gasteiger partial charge in [-0.3, -0.25) is 4.79 Å². The van der Waals surface area contributed by atoms with E-state index in [-0.39, 0.29) is 11.7 Å². The summed E-state index contributed by atoms with van der Waals surface area (Å²) in [4.78, 5) is 13.3. The topological polar surface area (TPSA) is 59.8 Å². The average Bonchev–Trinajstić information content (AvgIpc) is 3.26. The third-order valence-corrected chi connectivity index (χ3v) is 5.80. The molecule has 2 rings (SSSR count). The maximum atomic E-state index is 12.3. The van der Waals surface area contributed by atoms with E-state index in [0.29, 0.717) is 12.8 Å². The first kappa shape index (κ1) is 18.6. The standard InChI is InChI=1S/C17H22N4OS2/c1-5-17(6-2,7-3)18-14(22)12-24-16-20-19-15(21(16)8-4)13-10-9-11-23-13/h1,9-11H,6-8,12H2,2-4H3,(H,18,22). The Labute approximate surface area is 151 Å². The quantitative estimate of drug-likeness (QED) is 0.577. The van der Waals surface area contributed by atoms with E-state index in [1.54, 1.807) is 11.3 Å². The van der Waals surface area contributed by atoms with Crippen LogP contribution in [0.5, 0.6) is 0 Å². The molecular weight excluding hydrogens is 340 g/mol. The Morgan fingerprint density at radius 1 is 1.42 bits per heavy atom. The predicted octanol–water partition coefficient (Wildman–Crippen LogP) is 3.43. The highest BCUT2D eigenvalue weighted by Crippen LogP contribution is 2.27. The lowest BCUT2D eigenvalue weighted by Crippen LogP contribution is -2.47. The molecule has 0 bridgehead atoms. The number of nitrogens with one attached hydrogen (secondary N) is 1. The molecule has 7 heteroatoms. The number of rotatable bonds is 8. The van der Waals surface area contributed by atoms with Crippen LogP contribution in [0.25, 0.3) is 10.7 Å². The van der Waals surface area contributed by atoms with Gasteiger partial charge in [0.2, 0.25) is 5.91 Å². The molecule has 0 aliphatic rings. The lowest BCUT2D eigenvalue weighted by atomic mass is 9.94. The molecule has 0 saturated carbocycles. The van der Waals surface area contributed by atoms with Gasteiger partial charge in [0.15, 0.2) is 11.0 Å². The van der Waals surface area contributed by atoms with E-state index in [9.17, 15) is 4.79 Å². The van der Waals surface area contributed by atoms with Crippen LogP contribution in [0.4, 0.5) is 0 Å². The Kier molecular flexibility index (Phi) is 6.46. The summed E-state index contributed by atoms with van der Waals surface area (Å²) in [5.74, 6) is 3.75. The first-order valence-corrected chi connectivity index (χ1v) is 9.84. The molecule has 2 aromatic heterocycles. The molecule has 2 aromatic rings. The van der Waals surface area contributed by atoms with Gasteiger partial charge in [0, 0.05) is 6.54 Å². The van der Waals surface area contributed by atoms with E-state index in [1.165, 1.54) is 11.8 Å².